The van der Waals surface area contributed by atoms with E-state index in [1.807, 2.05) is 0 Å². The predicted molar refractivity (Wildman–Crippen MR) is 73.9 cm³/mol. The molecular weight excluding hydrogens is 260 g/mol. The van der Waals surface area contributed by atoms with Crippen molar-refractivity contribution in [1.82, 2.24) is 0 Å². The summed E-state index contributed by atoms with van der Waals surface area (Å²) in [5.41, 5.74) is -0.564. The summed E-state index contributed by atoms with van der Waals surface area (Å²) in [6.07, 6.45) is -0.234. The van der Waals surface area contributed by atoms with Gasteiger partial charge in [0.2, 0.25) is 5.43 Å². The van der Waals surface area contributed by atoms with Gasteiger partial charge < -0.3 is 9.47 Å². The molecule has 104 valence electrons. The maximum Gasteiger partial charge on any atom is 0.338 e. The van der Waals surface area contributed by atoms with Crippen molar-refractivity contribution < 1.29 is 14.3 Å². The molecule has 0 heterocycles. The summed E-state index contributed by atoms with van der Waals surface area (Å²) >= 11 is 0. The molecule has 0 fully saturated rings. The van der Waals surface area contributed by atoms with Gasteiger partial charge in [-0.25, -0.2) is 4.79 Å². The second-order valence-electron chi connectivity index (χ2n) is 4.57. The SMILES string of the molecule is COC(=O)c1ccccc1-c1c(OC(C)C)c(=O)c1=O. The zero-order chi connectivity index (χ0) is 14.9. The fourth-order valence-corrected chi connectivity index (χ4v) is 1.95. The van der Waals surface area contributed by atoms with Crippen LogP contribution in [0.5, 0.6) is 5.75 Å². The van der Waals surface area contributed by atoms with Gasteiger partial charge in [0.1, 0.15) is 0 Å². The van der Waals surface area contributed by atoms with E-state index in [0.29, 0.717) is 5.56 Å². The van der Waals surface area contributed by atoms with Gasteiger partial charge in [-0.3, -0.25) is 9.59 Å². The lowest BCUT2D eigenvalue weighted by molar-refractivity contribution is 0.0601. The van der Waals surface area contributed by atoms with Crippen molar-refractivity contribution in [2.45, 2.75) is 20.0 Å². The van der Waals surface area contributed by atoms with E-state index in [4.69, 9.17) is 4.74 Å². The number of benzene rings is 1. The summed E-state index contributed by atoms with van der Waals surface area (Å²) in [6.45, 7) is 3.51. The van der Waals surface area contributed by atoms with Crippen LogP contribution in [0.3, 0.4) is 0 Å². The molecule has 0 radical (unpaired) electrons. The third kappa shape index (κ3) is 2.22. The highest BCUT2D eigenvalue weighted by molar-refractivity contribution is 5.98. The van der Waals surface area contributed by atoms with Gasteiger partial charge in [-0.1, -0.05) is 18.2 Å². The van der Waals surface area contributed by atoms with Crippen molar-refractivity contribution in [3.05, 3.63) is 50.3 Å². The third-order valence-electron chi connectivity index (χ3n) is 2.82. The summed E-state index contributed by atoms with van der Waals surface area (Å²) in [5, 5.41) is 0. The highest BCUT2D eigenvalue weighted by atomic mass is 16.5. The fourth-order valence-electron chi connectivity index (χ4n) is 1.95. The number of carbonyl (C=O) groups is 1. The highest BCUT2D eigenvalue weighted by Crippen LogP contribution is 2.29. The number of ether oxygens (including phenoxy) is 2. The summed E-state index contributed by atoms with van der Waals surface area (Å²) < 4.78 is 10.0. The molecule has 0 bridgehead atoms. The Balaban J connectivity index is 2.59. The molecule has 0 saturated carbocycles. The quantitative estimate of drug-likeness (QED) is 0.624. The highest BCUT2D eigenvalue weighted by Gasteiger charge is 2.27. The lowest BCUT2D eigenvalue weighted by Gasteiger charge is -2.16. The molecule has 2 rings (SSSR count). The first-order valence-corrected chi connectivity index (χ1v) is 6.15. The topological polar surface area (TPSA) is 69.7 Å². The Bertz CT molecular complexity index is 720. The van der Waals surface area contributed by atoms with Gasteiger partial charge in [0, 0.05) is 5.56 Å². The van der Waals surface area contributed by atoms with E-state index in [1.165, 1.54) is 13.2 Å². The van der Waals surface area contributed by atoms with Crippen LogP contribution in [-0.2, 0) is 4.74 Å². The molecule has 5 heteroatoms. The molecule has 5 nitrogen and oxygen atoms in total. The van der Waals surface area contributed by atoms with Crippen LogP contribution in [0.25, 0.3) is 11.1 Å². The number of rotatable bonds is 4. The fraction of sp³-hybridized carbons (Fsp3) is 0.267. The molecule has 0 aliphatic carbocycles. The average molecular weight is 274 g/mol. The minimum Gasteiger partial charge on any atom is -0.486 e. The maximum atomic E-state index is 11.8. The zero-order valence-electron chi connectivity index (χ0n) is 11.4. The van der Waals surface area contributed by atoms with E-state index in [0.717, 1.165) is 0 Å². The smallest absolute Gasteiger partial charge is 0.338 e. The molecule has 0 spiro atoms. The van der Waals surface area contributed by atoms with Gasteiger partial charge in [-0.2, -0.15) is 0 Å². The van der Waals surface area contributed by atoms with Gasteiger partial charge in [0.15, 0.2) is 5.75 Å². The second kappa shape index (κ2) is 5.28. The van der Waals surface area contributed by atoms with Gasteiger partial charge >= 0.3 is 5.97 Å². The number of hydrogen-bond donors (Lipinski definition) is 0. The zero-order valence-corrected chi connectivity index (χ0v) is 11.4. The Hall–Kier alpha value is -2.43. The lowest BCUT2D eigenvalue weighted by atomic mass is 9.95. The van der Waals surface area contributed by atoms with E-state index in [1.54, 1.807) is 32.0 Å². The van der Waals surface area contributed by atoms with Gasteiger partial charge in [0.05, 0.1) is 24.3 Å². The molecule has 20 heavy (non-hydrogen) atoms. The number of esters is 1. The maximum absolute atomic E-state index is 11.8. The molecule has 0 aliphatic heterocycles. The van der Waals surface area contributed by atoms with E-state index >= 15 is 0 Å². The minimum atomic E-state index is -0.659. The Morgan fingerprint density at radius 1 is 1.10 bits per heavy atom. The lowest BCUT2D eigenvalue weighted by Crippen LogP contribution is -2.36. The van der Waals surface area contributed by atoms with Gasteiger partial charge in [-0.15, -0.1) is 0 Å². The first-order valence-electron chi connectivity index (χ1n) is 6.15. The van der Waals surface area contributed by atoms with Crippen LogP contribution in [0, 0.1) is 0 Å². The van der Waals surface area contributed by atoms with Crippen molar-refractivity contribution >= 4 is 5.97 Å². The van der Waals surface area contributed by atoms with Crippen molar-refractivity contribution in [1.29, 1.82) is 0 Å². The first kappa shape index (κ1) is 14.0. The largest absolute Gasteiger partial charge is 0.486 e. The number of hydrogen-bond acceptors (Lipinski definition) is 5. The molecule has 0 unspecified atom stereocenters. The summed E-state index contributed by atoms with van der Waals surface area (Å²) in [4.78, 5) is 35.1. The third-order valence-corrected chi connectivity index (χ3v) is 2.82. The minimum absolute atomic E-state index is 0.0151. The van der Waals surface area contributed by atoms with Crippen LogP contribution in [0.15, 0.2) is 33.9 Å². The Morgan fingerprint density at radius 3 is 2.35 bits per heavy atom. The van der Waals surface area contributed by atoms with Crippen LogP contribution in [-0.4, -0.2) is 19.2 Å². The molecule has 0 N–H and O–H groups in total. The Morgan fingerprint density at radius 2 is 1.75 bits per heavy atom. The van der Waals surface area contributed by atoms with Gasteiger partial charge in [-0.05, 0) is 19.9 Å². The first-order chi connectivity index (χ1) is 9.47. The standard InChI is InChI=1S/C15H14O5/c1-8(2)20-14-11(12(16)13(14)17)9-6-4-5-7-10(9)15(18)19-3/h4-8H,1-3H3. The Kier molecular flexibility index (Phi) is 3.70. The summed E-state index contributed by atoms with van der Waals surface area (Å²) in [5.74, 6) is -0.550. The molecule has 0 aromatic heterocycles. The Labute approximate surface area is 115 Å². The summed E-state index contributed by atoms with van der Waals surface area (Å²) in [7, 11) is 1.26. The summed E-state index contributed by atoms with van der Waals surface area (Å²) in [6, 6.07) is 6.47. The molecule has 2 aromatic carbocycles. The molecule has 0 amide bonds. The van der Waals surface area contributed by atoms with Crippen molar-refractivity contribution in [2.24, 2.45) is 0 Å². The van der Waals surface area contributed by atoms with E-state index in [-0.39, 0.29) is 23.0 Å². The average Bonchev–Trinajstić information content (AvgIpc) is 2.45. The molecular formula is C15H14O5. The van der Waals surface area contributed by atoms with Gasteiger partial charge in [0.25, 0.3) is 5.43 Å². The van der Waals surface area contributed by atoms with E-state index < -0.39 is 16.8 Å². The molecule has 0 atom stereocenters. The number of methoxy groups -OCH3 is 1. The van der Waals surface area contributed by atoms with Crippen molar-refractivity contribution in [3.8, 4) is 16.9 Å². The van der Waals surface area contributed by atoms with Crippen molar-refractivity contribution in [3.63, 3.8) is 0 Å². The normalized spacial score (nSPS) is 10.8. The van der Waals surface area contributed by atoms with E-state index in [9.17, 15) is 14.4 Å². The molecule has 2 aromatic rings. The van der Waals surface area contributed by atoms with E-state index in [2.05, 4.69) is 4.74 Å². The second-order valence-corrected chi connectivity index (χ2v) is 4.57. The monoisotopic (exact) mass is 274 g/mol. The molecule has 0 saturated heterocycles. The van der Waals surface area contributed by atoms with Crippen LogP contribution in [0.4, 0.5) is 0 Å². The van der Waals surface area contributed by atoms with Crippen LogP contribution < -0.4 is 15.6 Å². The predicted octanol–water partition coefficient (Wildman–Crippen LogP) is 1.52. The van der Waals surface area contributed by atoms with Crippen LogP contribution in [0.2, 0.25) is 0 Å². The number of carbonyl (C=O) groups excluding carboxylic acids is 1. The molecule has 0 aliphatic rings. The van der Waals surface area contributed by atoms with Crippen LogP contribution >= 0.6 is 0 Å². The van der Waals surface area contributed by atoms with Crippen LogP contribution in [0.1, 0.15) is 24.2 Å². The van der Waals surface area contributed by atoms with Crippen molar-refractivity contribution in [2.75, 3.05) is 7.11 Å².